The van der Waals surface area contributed by atoms with Gasteiger partial charge in [-0.1, -0.05) is 23.2 Å². The van der Waals surface area contributed by atoms with Crippen molar-refractivity contribution in [1.82, 2.24) is 9.55 Å². The number of aryl methyl sites for hydroxylation is 1. The fourth-order valence-electron chi connectivity index (χ4n) is 2.61. The molecular formula is C18H14Cl2N2O2. The molecule has 0 unspecified atom stereocenters. The molecule has 0 aliphatic carbocycles. The first-order chi connectivity index (χ1) is 11.5. The van der Waals surface area contributed by atoms with Crippen molar-refractivity contribution in [1.29, 1.82) is 0 Å². The maximum atomic E-state index is 11.6. The summed E-state index contributed by atoms with van der Waals surface area (Å²) in [5.41, 5.74) is 3.55. The summed E-state index contributed by atoms with van der Waals surface area (Å²) in [6.45, 7) is 2.24. The number of nitrogens with zero attached hydrogens (tertiary/aromatic N) is 2. The molecule has 3 aromatic rings. The zero-order valence-corrected chi connectivity index (χ0v) is 14.3. The highest BCUT2D eigenvalue weighted by atomic mass is 35.5. The Labute approximate surface area is 149 Å². The Morgan fingerprint density at radius 3 is 2.67 bits per heavy atom. The van der Waals surface area contributed by atoms with Crippen LogP contribution < -0.4 is 0 Å². The lowest BCUT2D eigenvalue weighted by molar-refractivity contribution is 0.0686. The van der Waals surface area contributed by atoms with Gasteiger partial charge in [0.05, 0.1) is 5.69 Å². The molecule has 0 aliphatic heterocycles. The summed E-state index contributed by atoms with van der Waals surface area (Å²) in [5.74, 6) is -1.000. The van der Waals surface area contributed by atoms with Gasteiger partial charge in [-0.3, -0.25) is 4.98 Å². The summed E-state index contributed by atoms with van der Waals surface area (Å²) in [7, 11) is 0. The monoisotopic (exact) mass is 360 g/mol. The van der Waals surface area contributed by atoms with Crippen molar-refractivity contribution in [3.63, 3.8) is 0 Å². The molecule has 2 aromatic heterocycles. The number of aromatic carboxylic acids is 1. The van der Waals surface area contributed by atoms with Crippen molar-refractivity contribution in [3.8, 4) is 11.3 Å². The maximum absolute atomic E-state index is 11.6. The second-order valence-corrected chi connectivity index (χ2v) is 6.33. The minimum Gasteiger partial charge on any atom is -0.477 e. The number of hydrogen-bond acceptors (Lipinski definition) is 2. The standard InChI is InChI=1S/C18H14Cl2N2O2/c1-11-6-12(9-21-8-11)16-4-5-17(18(23)24)22(16)10-13-7-14(19)2-3-15(13)20/h2-9H,10H2,1H3,(H,23,24). The van der Waals surface area contributed by atoms with Crippen LogP contribution in [0, 0.1) is 6.92 Å². The van der Waals surface area contributed by atoms with Crippen molar-refractivity contribution in [2.45, 2.75) is 13.5 Å². The van der Waals surface area contributed by atoms with Gasteiger partial charge in [0.15, 0.2) is 0 Å². The van der Waals surface area contributed by atoms with Gasteiger partial charge in [-0.2, -0.15) is 0 Å². The molecule has 1 aromatic carbocycles. The summed E-state index contributed by atoms with van der Waals surface area (Å²) in [6.07, 6.45) is 3.47. The number of benzene rings is 1. The average molecular weight is 361 g/mol. The van der Waals surface area contributed by atoms with Crippen molar-refractivity contribution in [3.05, 3.63) is 75.7 Å². The van der Waals surface area contributed by atoms with Gasteiger partial charge in [0.2, 0.25) is 0 Å². The van der Waals surface area contributed by atoms with Crippen molar-refractivity contribution in [2.24, 2.45) is 0 Å². The lowest BCUT2D eigenvalue weighted by atomic mass is 10.1. The Balaban J connectivity index is 2.13. The molecule has 4 nitrogen and oxygen atoms in total. The summed E-state index contributed by atoms with van der Waals surface area (Å²) in [6, 6.07) is 10.5. The molecule has 0 aliphatic rings. The van der Waals surface area contributed by atoms with Crippen LogP contribution in [0.25, 0.3) is 11.3 Å². The molecule has 0 saturated carbocycles. The second-order valence-electron chi connectivity index (χ2n) is 5.48. The Kier molecular flexibility index (Phi) is 4.60. The van der Waals surface area contributed by atoms with E-state index in [1.807, 2.05) is 13.0 Å². The summed E-state index contributed by atoms with van der Waals surface area (Å²) in [5, 5.41) is 10.6. The van der Waals surface area contributed by atoms with Crippen LogP contribution in [0.3, 0.4) is 0 Å². The van der Waals surface area contributed by atoms with E-state index in [4.69, 9.17) is 23.2 Å². The van der Waals surface area contributed by atoms with E-state index >= 15 is 0 Å². The number of hydrogen-bond donors (Lipinski definition) is 1. The van der Waals surface area contributed by atoms with Crippen LogP contribution in [-0.2, 0) is 6.54 Å². The van der Waals surface area contributed by atoms with Gasteiger partial charge in [-0.25, -0.2) is 4.79 Å². The zero-order valence-electron chi connectivity index (χ0n) is 12.8. The molecule has 122 valence electrons. The molecule has 0 spiro atoms. The fraction of sp³-hybridized carbons (Fsp3) is 0.111. The Morgan fingerprint density at radius 1 is 1.17 bits per heavy atom. The number of aromatic nitrogens is 2. The van der Waals surface area contributed by atoms with Crippen molar-refractivity contribution >= 4 is 29.2 Å². The molecule has 0 atom stereocenters. The second kappa shape index (κ2) is 6.67. The fourth-order valence-corrected chi connectivity index (χ4v) is 2.98. The predicted octanol–water partition coefficient (Wildman–Crippen LogP) is 4.91. The summed E-state index contributed by atoms with van der Waals surface area (Å²) in [4.78, 5) is 15.8. The summed E-state index contributed by atoms with van der Waals surface area (Å²) >= 11 is 12.3. The molecule has 2 heterocycles. The number of rotatable bonds is 4. The van der Waals surface area contributed by atoms with E-state index in [0.717, 1.165) is 22.4 Å². The third kappa shape index (κ3) is 3.30. The van der Waals surface area contributed by atoms with Gasteiger partial charge < -0.3 is 9.67 Å². The number of pyridine rings is 1. The van der Waals surface area contributed by atoms with E-state index in [2.05, 4.69) is 4.98 Å². The number of carbonyl (C=O) groups is 1. The molecule has 0 amide bonds. The first-order valence-electron chi connectivity index (χ1n) is 7.24. The lowest BCUT2D eigenvalue weighted by Gasteiger charge is -2.13. The number of carboxylic acid groups (broad SMARTS) is 1. The highest BCUT2D eigenvalue weighted by Crippen LogP contribution is 2.27. The van der Waals surface area contributed by atoms with E-state index < -0.39 is 5.97 Å². The number of halogens is 2. The SMILES string of the molecule is Cc1cncc(-c2ccc(C(=O)O)n2Cc2cc(Cl)ccc2Cl)c1. The predicted molar refractivity (Wildman–Crippen MR) is 94.9 cm³/mol. The molecular weight excluding hydrogens is 347 g/mol. The van der Waals surface area contributed by atoms with Crippen LogP contribution in [-0.4, -0.2) is 20.6 Å². The molecule has 1 N–H and O–H groups in total. The first kappa shape index (κ1) is 16.6. The third-order valence-electron chi connectivity index (χ3n) is 3.71. The number of carboxylic acids is 1. The zero-order chi connectivity index (χ0) is 17.3. The maximum Gasteiger partial charge on any atom is 0.352 e. The van der Waals surface area contributed by atoms with Crippen LogP contribution >= 0.6 is 23.2 Å². The molecule has 3 rings (SSSR count). The van der Waals surface area contributed by atoms with Gasteiger partial charge in [0.25, 0.3) is 0 Å². The Hall–Kier alpha value is -2.30. The largest absolute Gasteiger partial charge is 0.477 e. The van der Waals surface area contributed by atoms with E-state index in [9.17, 15) is 9.90 Å². The smallest absolute Gasteiger partial charge is 0.352 e. The van der Waals surface area contributed by atoms with Gasteiger partial charge in [-0.15, -0.1) is 0 Å². The Morgan fingerprint density at radius 2 is 1.96 bits per heavy atom. The Bertz CT molecular complexity index is 919. The normalized spacial score (nSPS) is 10.8. The van der Waals surface area contributed by atoms with Crippen molar-refractivity contribution in [2.75, 3.05) is 0 Å². The molecule has 24 heavy (non-hydrogen) atoms. The van der Waals surface area contributed by atoms with Gasteiger partial charge in [0.1, 0.15) is 5.69 Å². The van der Waals surface area contributed by atoms with Crippen LogP contribution in [0.4, 0.5) is 0 Å². The van der Waals surface area contributed by atoms with Gasteiger partial charge in [-0.05, 0) is 54.4 Å². The van der Waals surface area contributed by atoms with E-state index in [-0.39, 0.29) is 5.69 Å². The van der Waals surface area contributed by atoms with Crippen LogP contribution in [0.15, 0.2) is 48.8 Å². The molecule has 0 fully saturated rings. The van der Waals surface area contributed by atoms with E-state index in [0.29, 0.717) is 16.6 Å². The first-order valence-corrected chi connectivity index (χ1v) is 8.00. The van der Waals surface area contributed by atoms with E-state index in [1.54, 1.807) is 47.3 Å². The molecule has 0 radical (unpaired) electrons. The highest BCUT2D eigenvalue weighted by Gasteiger charge is 2.17. The third-order valence-corrected chi connectivity index (χ3v) is 4.31. The van der Waals surface area contributed by atoms with Crippen LogP contribution in [0.2, 0.25) is 10.0 Å². The molecule has 0 saturated heterocycles. The quantitative estimate of drug-likeness (QED) is 0.718. The summed E-state index contributed by atoms with van der Waals surface area (Å²) < 4.78 is 1.70. The van der Waals surface area contributed by atoms with Crippen molar-refractivity contribution < 1.29 is 9.90 Å². The topological polar surface area (TPSA) is 55.1 Å². The highest BCUT2D eigenvalue weighted by molar-refractivity contribution is 6.33. The van der Waals surface area contributed by atoms with Crippen LogP contribution in [0.5, 0.6) is 0 Å². The van der Waals surface area contributed by atoms with E-state index in [1.165, 1.54) is 0 Å². The van der Waals surface area contributed by atoms with Gasteiger partial charge in [0, 0.05) is 34.5 Å². The molecule has 0 bridgehead atoms. The van der Waals surface area contributed by atoms with Crippen LogP contribution in [0.1, 0.15) is 21.6 Å². The minimum atomic E-state index is -1.000. The minimum absolute atomic E-state index is 0.183. The van der Waals surface area contributed by atoms with Gasteiger partial charge >= 0.3 is 5.97 Å². The molecule has 6 heteroatoms. The lowest BCUT2D eigenvalue weighted by Crippen LogP contribution is -2.11. The average Bonchev–Trinajstić information content (AvgIpc) is 2.95.